The molecule has 3 aliphatic rings. The van der Waals surface area contributed by atoms with Crippen LogP contribution in [0.25, 0.3) is 0 Å². The quantitative estimate of drug-likeness (QED) is 0.816. The predicted molar refractivity (Wildman–Crippen MR) is 102 cm³/mol. The highest BCUT2D eigenvalue weighted by Crippen LogP contribution is 2.34. The summed E-state index contributed by atoms with van der Waals surface area (Å²) in [5, 5.41) is 0. The van der Waals surface area contributed by atoms with Gasteiger partial charge in [0.15, 0.2) is 0 Å². The largest absolute Gasteiger partial charge is 0.441 e. The molecule has 6 heteroatoms. The smallest absolute Gasteiger partial charge is 0.410 e. The molecular formula is C21H29N3O3. The van der Waals surface area contributed by atoms with Crippen LogP contribution in [0.2, 0.25) is 0 Å². The van der Waals surface area contributed by atoms with Crippen molar-refractivity contribution in [2.75, 3.05) is 32.7 Å². The van der Waals surface area contributed by atoms with E-state index in [9.17, 15) is 9.59 Å². The molecule has 3 fully saturated rings. The van der Waals surface area contributed by atoms with Gasteiger partial charge < -0.3 is 14.5 Å². The number of amides is 2. The third-order valence-electron chi connectivity index (χ3n) is 6.29. The lowest BCUT2D eigenvalue weighted by molar-refractivity contribution is -0.139. The fourth-order valence-electron chi connectivity index (χ4n) is 4.65. The molecule has 146 valence electrons. The molecule has 0 saturated carbocycles. The number of benzene rings is 1. The summed E-state index contributed by atoms with van der Waals surface area (Å²) in [7, 11) is 0. The molecule has 1 aromatic rings. The molecule has 1 atom stereocenters. The van der Waals surface area contributed by atoms with Crippen molar-refractivity contribution in [2.24, 2.45) is 0 Å². The second-order valence-corrected chi connectivity index (χ2v) is 8.00. The van der Waals surface area contributed by atoms with Gasteiger partial charge in [0, 0.05) is 39.0 Å². The van der Waals surface area contributed by atoms with Crippen molar-refractivity contribution in [3.05, 3.63) is 35.9 Å². The minimum Gasteiger partial charge on any atom is -0.441 e. The maximum atomic E-state index is 13.2. The van der Waals surface area contributed by atoms with E-state index in [0.717, 1.165) is 38.8 Å². The Kier molecular flexibility index (Phi) is 5.08. The van der Waals surface area contributed by atoms with E-state index in [4.69, 9.17) is 4.74 Å². The minimum absolute atomic E-state index is 0.0162. The molecule has 4 rings (SSSR count). The Labute approximate surface area is 161 Å². The maximum absolute atomic E-state index is 13.2. The summed E-state index contributed by atoms with van der Waals surface area (Å²) < 4.78 is 5.69. The van der Waals surface area contributed by atoms with Crippen LogP contribution in [0.3, 0.4) is 0 Å². The SMILES string of the molecule is CCN1CC2(CCN(C(=O)C3CCCN3Cc3ccccc3)CC2)OC1=O. The summed E-state index contributed by atoms with van der Waals surface area (Å²) in [6, 6.07) is 10.4. The first-order valence-electron chi connectivity index (χ1n) is 10.1. The standard InChI is InChI=1S/C21H29N3O3/c1-2-22-16-21(27-20(22)26)10-13-23(14-11-21)19(25)18-9-6-12-24(18)15-17-7-4-3-5-8-17/h3-5,7-8,18H,2,6,9-16H2,1H3. The van der Waals surface area contributed by atoms with E-state index >= 15 is 0 Å². The van der Waals surface area contributed by atoms with E-state index in [0.29, 0.717) is 26.2 Å². The molecule has 2 amide bonds. The molecule has 0 N–H and O–H groups in total. The van der Waals surface area contributed by atoms with Crippen LogP contribution in [0, 0.1) is 0 Å². The average Bonchev–Trinajstić information content (AvgIpc) is 3.27. The Balaban J connectivity index is 1.35. The number of likely N-dealkylation sites (N-methyl/N-ethyl adjacent to an activating group) is 1. The fraction of sp³-hybridized carbons (Fsp3) is 0.619. The van der Waals surface area contributed by atoms with Crippen molar-refractivity contribution in [1.29, 1.82) is 0 Å². The second kappa shape index (κ2) is 7.50. The zero-order chi connectivity index (χ0) is 18.9. The van der Waals surface area contributed by atoms with Crippen molar-refractivity contribution in [3.63, 3.8) is 0 Å². The third kappa shape index (κ3) is 3.68. The molecule has 3 heterocycles. The molecule has 6 nitrogen and oxygen atoms in total. The van der Waals surface area contributed by atoms with Crippen LogP contribution in [0.1, 0.15) is 38.2 Å². The van der Waals surface area contributed by atoms with E-state index < -0.39 is 0 Å². The number of likely N-dealkylation sites (tertiary alicyclic amines) is 2. The molecule has 0 aromatic heterocycles. The van der Waals surface area contributed by atoms with Gasteiger partial charge in [-0.05, 0) is 31.9 Å². The number of hydrogen-bond acceptors (Lipinski definition) is 4. The second-order valence-electron chi connectivity index (χ2n) is 8.00. The van der Waals surface area contributed by atoms with Crippen LogP contribution in [0.15, 0.2) is 30.3 Å². The Bertz CT molecular complexity index is 685. The van der Waals surface area contributed by atoms with Crippen molar-refractivity contribution in [2.45, 2.75) is 50.8 Å². The van der Waals surface area contributed by atoms with Crippen LogP contribution in [-0.4, -0.2) is 71.1 Å². The maximum Gasteiger partial charge on any atom is 0.410 e. The summed E-state index contributed by atoms with van der Waals surface area (Å²) in [5.74, 6) is 0.245. The first-order valence-corrected chi connectivity index (χ1v) is 10.1. The molecule has 1 unspecified atom stereocenters. The van der Waals surface area contributed by atoms with Gasteiger partial charge >= 0.3 is 6.09 Å². The normalized spacial score (nSPS) is 25.2. The van der Waals surface area contributed by atoms with Crippen molar-refractivity contribution >= 4 is 12.0 Å². The lowest BCUT2D eigenvalue weighted by atomic mass is 9.91. The van der Waals surface area contributed by atoms with Gasteiger partial charge in [0.2, 0.25) is 5.91 Å². The van der Waals surface area contributed by atoms with E-state index in [1.165, 1.54) is 5.56 Å². The van der Waals surface area contributed by atoms with Crippen LogP contribution in [-0.2, 0) is 16.1 Å². The molecule has 1 aromatic carbocycles. The molecule has 1 spiro atoms. The molecule has 0 aliphatic carbocycles. The van der Waals surface area contributed by atoms with Gasteiger partial charge in [0.05, 0.1) is 12.6 Å². The van der Waals surface area contributed by atoms with Gasteiger partial charge in [0.25, 0.3) is 0 Å². The van der Waals surface area contributed by atoms with Crippen molar-refractivity contribution in [3.8, 4) is 0 Å². The van der Waals surface area contributed by atoms with Gasteiger partial charge in [-0.2, -0.15) is 0 Å². The molecular weight excluding hydrogens is 342 g/mol. The monoisotopic (exact) mass is 371 g/mol. The van der Waals surface area contributed by atoms with Gasteiger partial charge in [0.1, 0.15) is 5.60 Å². The Morgan fingerprint density at radius 3 is 2.59 bits per heavy atom. The van der Waals surface area contributed by atoms with E-state index in [-0.39, 0.29) is 23.6 Å². The number of carbonyl (C=O) groups excluding carboxylic acids is 2. The van der Waals surface area contributed by atoms with Gasteiger partial charge in [-0.3, -0.25) is 9.69 Å². The Morgan fingerprint density at radius 1 is 1.19 bits per heavy atom. The summed E-state index contributed by atoms with van der Waals surface area (Å²) in [6.45, 7) is 6.48. The number of hydrogen-bond donors (Lipinski definition) is 0. The number of rotatable bonds is 4. The molecule has 27 heavy (non-hydrogen) atoms. The lowest BCUT2D eigenvalue weighted by Crippen LogP contribution is -2.53. The molecule has 0 bridgehead atoms. The van der Waals surface area contributed by atoms with Gasteiger partial charge in [-0.1, -0.05) is 30.3 Å². The first kappa shape index (κ1) is 18.3. The van der Waals surface area contributed by atoms with E-state index in [1.807, 2.05) is 17.9 Å². The highest BCUT2D eigenvalue weighted by molar-refractivity contribution is 5.82. The third-order valence-corrected chi connectivity index (χ3v) is 6.29. The predicted octanol–water partition coefficient (Wildman–Crippen LogP) is 2.48. The topological polar surface area (TPSA) is 53.1 Å². The van der Waals surface area contributed by atoms with Crippen LogP contribution >= 0.6 is 0 Å². The first-order chi connectivity index (χ1) is 13.1. The summed E-state index contributed by atoms with van der Waals surface area (Å²) in [5.41, 5.74) is 0.871. The Hall–Kier alpha value is -2.08. The Morgan fingerprint density at radius 2 is 1.93 bits per heavy atom. The number of carbonyl (C=O) groups is 2. The molecule has 0 radical (unpaired) electrons. The van der Waals surface area contributed by atoms with Gasteiger partial charge in [-0.25, -0.2) is 4.79 Å². The number of ether oxygens (including phenoxy) is 1. The van der Waals surface area contributed by atoms with Crippen LogP contribution < -0.4 is 0 Å². The highest BCUT2D eigenvalue weighted by Gasteiger charge is 2.47. The van der Waals surface area contributed by atoms with Crippen LogP contribution in [0.5, 0.6) is 0 Å². The van der Waals surface area contributed by atoms with E-state index in [1.54, 1.807) is 4.90 Å². The average molecular weight is 371 g/mol. The summed E-state index contributed by atoms with van der Waals surface area (Å²) in [6.07, 6.45) is 3.29. The van der Waals surface area contributed by atoms with Crippen LogP contribution in [0.4, 0.5) is 4.79 Å². The lowest BCUT2D eigenvalue weighted by Gasteiger charge is -2.39. The fourth-order valence-corrected chi connectivity index (χ4v) is 4.65. The summed E-state index contributed by atoms with van der Waals surface area (Å²) >= 11 is 0. The molecule has 3 saturated heterocycles. The zero-order valence-corrected chi connectivity index (χ0v) is 16.1. The highest BCUT2D eigenvalue weighted by atomic mass is 16.6. The minimum atomic E-state index is -0.386. The van der Waals surface area contributed by atoms with Gasteiger partial charge in [-0.15, -0.1) is 0 Å². The molecule has 3 aliphatic heterocycles. The van der Waals surface area contributed by atoms with Crippen molar-refractivity contribution in [1.82, 2.24) is 14.7 Å². The number of piperidine rings is 1. The van der Waals surface area contributed by atoms with Crippen molar-refractivity contribution < 1.29 is 14.3 Å². The van der Waals surface area contributed by atoms with E-state index in [2.05, 4.69) is 29.2 Å². The summed E-state index contributed by atoms with van der Waals surface area (Å²) in [4.78, 5) is 31.2. The zero-order valence-electron chi connectivity index (χ0n) is 16.1. The number of nitrogens with zero attached hydrogens (tertiary/aromatic N) is 3.